The van der Waals surface area contributed by atoms with E-state index in [1.54, 1.807) is 0 Å². The summed E-state index contributed by atoms with van der Waals surface area (Å²) in [4.78, 5) is 6.51. The van der Waals surface area contributed by atoms with Crippen molar-refractivity contribution in [3.05, 3.63) is 35.4 Å². The Morgan fingerprint density at radius 2 is 1.96 bits per heavy atom. The van der Waals surface area contributed by atoms with E-state index in [1.165, 1.54) is 36.8 Å². The van der Waals surface area contributed by atoms with Gasteiger partial charge in [0.25, 0.3) is 0 Å². The van der Waals surface area contributed by atoms with E-state index in [0.717, 1.165) is 19.0 Å². The molecule has 0 aliphatic heterocycles. The van der Waals surface area contributed by atoms with E-state index in [2.05, 4.69) is 72.7 Å². The van der Waals surface area contributed by atoms with E-state index >= 15 is 0 Å². The van der Waals surface area contributed by atoms with E-state index in [1.807, 2.05) is 7.05 Å². The average Bonchev–Trinajstić information content (AvgIpc) is 2.51. The van der Waals surface area contributed by atoms with Crippen molar-refractivity contribution in [3.8, 4) is 0 Å². The summed E-state index contributed by atoms with van der Waals surface area (Å²) in [5.74, 6) is 0.881. The number of hydrogen-bond acceptors (Lipinski definition) is 2. The van der Waals surface area contributed by atoms with Gasteiger partial charge in [0.15, 0.2) is 5.96 Å². The lowest BCUT2D eigenvalue weighted by atomic mass is 10.1. The molecule has 1 atom stereocenters. The Hall–Kier alpha value is -1.55. The first-order valence-electron chi connectivity index (χ1n) is 8.74. The van der Waals surface area contributed by atoms with Gasteiger partial charge in [-0.05, 0) is 38.6 Å². The second kappa shape index (κ2) is 11.1. The summed E-state index contributed by atoms with van der Waals surface area (Å²) >= 11 is 0. The van der Waals surface area contributed by atoms with Gasteiger partial charge in [0.1, 0.15) is 0 Å². The molecule has 0 saturated carbocycles. The van der Waals surface area contributed by atoms with Crippen LogP contribution in [0.3, 0.4) is 0 Å². The van der Waals surface area contributed by atoms with E-state index < -0.39 is 0 Å². The number of guanidine groups is 1. The third kappa shape index (κ3) is 8.60. The molecule has 0 fully saturated rings. The smallest absolute Gasteiger partial charge is 0.191 e. The van der Waals surface area contributed by atoms with Gasteiger partial charge in [-0.3, -0.25) is 4.99 Å². The first-order valence-corrected chi connectivity index (χ1v) is 8.74. The van der Waals surface area contributed by atoms with Gasteiger partial charge in [0.05, 0.1) is 0 Å². The van der Waals surface area contributed by atoms with Crippen LogP contribution in [-0.2, 0) is 13.1 Å². The molecule has 1 aromatic carbocycles. The zero-order valence-electron chi connectivity index (χ0n) is 15.5. The third-order valence-corrected chi connectivity index (χ3v) is 3.80. The Kier molecular flexibility index (Phi) is 9.37. The number of unbranched alkanes of at least 4 members (excludes halogenated alkanes) is 2. The molecule has 0 amide bonds. The largest absolute Gasteiger partial charge is 0.354 e. The maximum Gasteiger partial charge on any atom is 0.191 e. The standard InChI is InChI=1S/C19H34N4/c1-6-7-8-10-16(2)22-19(20-3)21-14-17-11-9-12-18(13-17)15-23(4)5/h9,11-13,16H,6-8,10,14-15H2,1-5H3,(H2,20,21,22). The van der Waals surface area contributed by atoms with Crippen molar-refractivity contribution in [2.45, 2.75) is 58.7 Å². The Bertz CT molecular complexity index is 468. The lowest BCUT2D eigenvalue weighted by molar-refractivity contribution is 0.402. The van der Waals surface area contributed by atoms with Crippen LogP contribution in [0.2, 0.25) is 0 Å². The van der Waals surface area contributed by atoms with Crippen LogP contribution in [0.25, 0.3) is 0 Å². The topological polar surface area (TPSA) is 39.7 Å². The van der Waals surface area contributed by atoms with Crippen LogP contribution in [0.5, 0.6) is 0 Å². The van der Waals surface area contributed by atoms with Crippen molar-refractivity contribution in [3.63, 3.8) is 0 Å². The van der Waals surface area contributed by atoms with E-state index in [9.17, 15) is 0 Å². The summed E-state index contributed by atoms with van der Waals surface area (Å²) in [5, 5.41) is 6.89. The van der Waals surface area contributed by atoms with Crippen molar-refractivity contribution in [1.82, 2.24) is 15.5 Å². The highest BCUT2D eigenvalue weighted by Gasteiger charge is 2.05. The molecule has 0 heterocycles. The highest BCUT2D eigenvalue weighted by molar-refractivity contribution is 5.79. The number of aliphatic imine (C=N–C) groups is 1. The predicted octanol–water partition coefficient (Wildman–Crippen LogP) is 3.38. The molecule has 0 bridgehead atoms. The molecule has 1 unspecified atom stereocenters. The van der Waals surface area contributed by atoms with Crippen LogP contribution in [-0.4, -0.2) is 38.0 Å². The van der Waals surface area contributed by atoms with Gasteiger partial charge in [0, 0.05) is 26.2 Å². The first-order chi connectivity index (χ1) is 11.0. The molecule has 0 aliphatic carbocycles. The molecule has 4 heteroatoms. The summed E-state index contributed by atoms with van der Waals surface area (Å²) in [5.41, 5.74) is 2.62. The fraction of sp³-hybridized carbons (Fsp3) is 0.632. The summed E-state index contributed by atoms with van der Waals surface area (Å²) in [6.07, 6.45) is 5.03. The maximum absolute atomic E-state index is 4.33. The summed E-state index contributed by atoms with van der Waals surface area (Å²) in [6.45, 7) is 6.22. The summed E-state index contributed by atoms with van der Waals surface area (Å²) in [6, 6.07) is 9.16. The molecule has 0 aliphatic rings. The Labute approximate surface area is 142 Å². The highest BCUT2D eigenvalue weighted by atomic mass is 15.2. The fourth-order valence-corrected chi connectivity index (χ4v) is 2.59. The van der Waals surface area contributed by atoms with Crippen molar-refractivity contribution in [2.24, 2.45) is 4.99 Å². The third-order valence-electron chi connectivity index (χ3n) is 3.80. The maximum atomic E-state index is 4.33. The van der Waals surface area contributed by atoms with Crippen molar-refractivity contribution >= 4 is 5.96 Å². The van der Waals surface area contributed by atoms with Gasteiger partial charge >= 0.3 is 0 Å². The number of hydrogen-bond donors (Lipinski definition) is 2. The first kappa shape index (κ1) is 19.5. The van der Waals surface area contributed by atoms with E-state index in [0.29, 0.717) is 6.04 Å². The Morgan fingerprint density at radius 1 is 1.22 bits per heavy atom. The molecule has 4 nitrogen and oxygen atoms in total. The van der Waals surface area contributed by atoms with Crippen LogP contribution >= 0.6 is 0 Å². The fourth-order valence-electron chi connectivity index (χ4n) is 2.59. The van der Waals surface area contributed by atoms with Gasteiger partial charge in [-0.2, -0.15) is 0 Å². The van der Waals surface area contributed by atoms with Gasteiger partial charge in [-0.15, -0.1) is 0 Å². The van der Waals surface area contributed by atoms with Gasteiger partial charge < -0.3 is 15.5 Å². The predicted molar refractivity (Wildman–Crippen MR) is 101 cm³/mol. The van der Waals surface area contributed by atoms with Crippen LogP contribution < -0.4 is 10.6 Å². The zero-order valence-corrected chi connectivity index (χ0v) is 15.5. The lowest BCUT2D eigenvalue weighted by Crippen LogP contribution is -2.41. The molecule has 1 rings (SSSR count). The Balaban J connectivity index is 2.45. The summed E-state index contributed by atoms with van der Waals surface area (Å²) < 4.78 is 0. The van der Waals surface area contributed by atoms with Crippen LogP contribution in [0, 0.1) is 0 Å². The molecule has 0 aromatic heterocycles. The molecule has 130 valence electrons. The van der Waals surface area contributed by atoms with E-state index in [-0.39, 0.29) is 0 Å². The number of rotatable bonds is 9. The SMILES string of the molecule is CCCCCC(C)NC(=NC)NCc1cccc(CN(C)C)c1. The van der Waals surface area contributed by atoms with Gasteiger partial charge in [-0.1, -0.05) is 50.5 Å². The van der Waals surface area contributed by atoms with E-state index in [4.69, 9.17) is 0 Å². The lowest BCUT2D eigenvalue weighted by Gasteiger charge is -2.18. The van der Waals surface area contributed by atoms with Crippen molar-refractivity contribution < 1.29 is 0 Å². The molecule has 0 radical (unpaired) electrons. The molecular weight excluding hydrogens is 284 g/mol. The number of benzene rings is 1. The molecule has 1 aromatic rings. The quantitative estimate of drug-likeness (QED) is 0.416. The number of nitrogens with zero attached hydrogens (tertiary/aromatic N) is 2. The minimum absolute atomic E-state index is 0.452. The molecule has 23 heavy (non-hydrogen) atoms. The molecule has 2 N–H and O–H groups in total. The number of nitrogens with one attached hydrogen (secondary N) is 2. The van der Waals surface area contributed by atoms with Crippen LogP contribution in [0.4, 0.5) is 0 Å². The second-order valence-electron chi connectivity index (χ2n) is 6.52. The molecule has 0 saturated heterocycles. The highest BCUT2D eigenvalue weighted by Crippen LogP contribution is 2.07. The monoisotopic (exact) mass is 318 g/mol. The van der Waals surface area contributed by atoms with Crippen LogP contribution in [0.15, 0.2) is 29.3 Å². The van der Waals surface area contributed by atoms with Crippen molar-refractivity contribution in [2.75, 3.05) is 21.1 Å². The zero-order chi connectivity index (χ0) is 17.1. The average molecular weight is 319 g/mol. The second-order valence-corrected chi connectivity index (χ2v) is 6.52. The van der Waals surface area contributed by atoms with Crippen LogP contribution in [0.1, 0.15) is 50.7 Å². The normalized spacial score (nSPS) is 13.2. The summed E-state index contributed by atoms with van der Waals surface area (Å²) in [7, 11) is 6.02. The van der Waals surface area contributed by atoms with Gasteiger partial charge in [-0.25, -0.2) is 0 Å². The van der Waals surface area contributed by atoms with Crippen molar-refractivity contribution in [1.29, 1.82) is 0 Å². The minimum Gasteiger partial charge on any atom is -0.354 e. The Morgan fingerprint density at radius 3 is 2.61 bits per heavy atom. The molecular formula is C19H34N4. The van der Waals surface area contributed by atoms with Gasteiger partial charge in [0.2, 0.25) is 0 Å². The minimum atomic E-state index is 0.452. The molecule has 0 spiro atoms.